The molecule has 2 rings (SSSR count). The number of ether oxygens (including phenoxy) is 1. The Labute approximate surface area is 117 Å². The van der Waals surface area contributed by atoms with Gasteiger partial charge in [-0.25, -0.2) is 8.42 Å². The number of hydrogen-bond donors (Lipinski definition) is 2. The van der Waals surface area contributed by atoms with E-state index in [1.54, 1.807) is 13.2 Å². The fraction of sp³-hybridized carbons (Fsp3) is 0.250. The smallest absolute Gasteiger partial charge is 0.173 e. The van der Waals surface area contributed by atoms with Crippen LogP contribution in [0, 0.1) is 0 Å². The molecule has 1 atom stereocenters. The normalized spacial score (nSPS) is 19.9. The van der Waals surface area contributed by atoms with E-state index in [-0.39, 0.29) is 11.8 Å². The van der Waals surface area contributed by atoms with Gasteiger partial charge in [0.15, 0.2) is 14.9 Å². The molecule has 0 aliphatic carbocycles. The van der Waals surface area contributed by atoms with Gasteiger partial charge in [-0.2, -0.15) is 0 Å². The van der Waals surface area contributed by atoms with Crippen LogP contribution in [0.1, 0.15) is 0 Å². The molecule has 0 radical (unpaired) electrons. The summed E-state index contributed by atoms with van der Waals surface area (Å²) in [5.41, 5.74) is 0.808. The summed E-state index contributed by atoms with van der Waals surface area (Å²) in [5.74, 6) is 0.798. The van der Waals surface area contributed by atoms with Crippen molar-refractivity contribution in [3.8, 4) is 5.75 Å². The Morgan fingerprint density at radius 3 is 2.58 bits per heavy atom. The van der Waals surface area contributed by atoms with E-state index in [1.807, 2.05) is 24.3 Å². The first-order chi connectivity index (χ1) is 8.98. The van der Waals surface area contributed by atoms with Crippen LogP contribution in [0.4, 0.5) is 5.69 Å². The molecule has 0 saturated heterocycles. The molecule has 0 unspecified atom stereocenters. The van der Waals surface area contributed by atoms with Crippen molar-refractivity contribution in [2.24, 2.45) is 0 Å². The molecule has 0 saturated carbocycles. The van der Waals surface area contributed by atoms with E-state index in [0.29, 0.717) is 5.11 Å². The number of rotatable bonds is 3. The van der Waals surface area contributed by atoms with Gasteiger partial charge in [-0.1, -0.05) is 0 Å². The maximum absolute atomic E-state index is 11.2. The van der Waals surface area contributed by atoms with Crippen LogP contribution < -0.4 is 15.4 Å². The van der Waals surface area contributed by atoms with Crippen LogP contribution in [0.25, 0.3) is 0 Å². The van der Waals surface area contributed by atoms with Crippen LogP contribution in [0.2, 0.25) is 0 Å². The molecule has 0 fully saturated rings. The lowest BCUT2D eigenvalue weighted by Crippen LogP contribution is -2.38. The molecule has 1 aliphatic rings. The zero-order valence-corrected chi connectivity index (χ0v) is 11.9. The summed E-state index contributed by atoms with van der Waals surface area (Å²) in [4.78, 5) is 0. The number of thiocarbonyl (C=S) groups is 1. The van der Waals surface area contributed by atoms with E-state index < -0.39 is 9.84 Å². The summed E-state index contributed by atoms with van der Waals surface area (Å²) >= 11 is 5.13. The Morgan fingerprint density at radius 2 is 2.05 bits per heavy atom. The molecular formula is C12H14N2O3S2. The summed E-state index contributed by atoms with van der Waals surface area (Å²) in [6.45, 7) is 0. The zero-order chi connectivity index (χ0) is 13.9. The summed E-state index contributed by atoms with van der Waals surface area (Å²) in [6.07, 6.45) is 1.59. The predicted molar refractivity (Wildman–Crippen MR) is 79.1 cm³/mol. The molecule has 0 amide bonds. The summed E-state index contributed by atoms with van der Waals surface area (Å²) in [7, 11) is -1.47. The molecule has 1 aromatic carbocycles. The molecule has 1 aliphatic heterocycles. The predicted octanol–water partition coefficient (Wildman–Crippen LogP) is 1.29. The minimum Gasteiger partial charge on any atom is -0.497 e. The van der Waals surface area contributed by atoms with Gasteiger partial charge >= 0.3 is 0 Å². The molecule has 7 heteroatoms. The number of nitrogens with one attached hydrogen (secondary N) is 2. The molecule has 0 bridgehead atoms. The first kappa shape index (κ1) is 13.8. The van der Waals surface area contributed by atoms with Crippen LogP contribution in [-0.2, 0) is 9.84 Å². The standard InChI is InChI=1S/C12H14N2O3S2/c1-17-11-4-2-9(3-5-11)13-12(18)14-10-6-7-19(15,16)8-10/h2-7,10H,8H2,1H3,(H2,13,14,18)/t10-/m0/s1. The first-order valence-corrected chi connectivity index (χ1v) is 7.73. The van der Waals surface area contributed by atoms with E-state index in [2.05, 4.69) is 10.6 Å². The second-order valence-electron chi connectivity index (χ2n) is 4.09. The highest BCUT2D eigenvalue weighted by Crippen LogP contribution is 2.15. The van der Waals surface area contributed by atoms with E-state index in [0.717, 1.165) is 11.4 Å². The summed E-state index contributed by atoms with van der Waals surface area (Å²) in [5, 5.41) is 7.51. The minimum atomic E-state index is -3.07. The highest BCUT2D eigenvalue weighted by atomic mass is 32.2. The third-order valence-corrected chi connectivity index (χ3v) is 4.21. The van der Waals surface area contributed by atoms with Crippen molar-refractivity contribution in [3.63, 3.8) is 0 Å². The quantitative estimate of drug-likeness (QED) is 0.820. The molecule has 0 spiro atoms. The van der Waals surface area contributed by atoms with Gasteiger partial charge in [-0.15, -0.1) is 0 Å². The van der Waals surface area contributed by atoms with Gasteiger partial charge in [0, 0.05) is 11.1 Å². The van der Waals surface area contributed by atoms with Gasteiger partial charge in [0.1, 0.15) is 5.75 Å². The fourth-order valence-corrected chi connectivity index (χ4v) is 3.18. The van der Waals surface area contributed by atoms with E-state index >= 15 is 0 Å². The fourth-order valence-electron chi connectivity index (χ4n) is 1.68. The van der Waals surface area contributed by atoms with Gasteiger partial charge in [0.2, 0.25) is 0 Å². The van der Waals surface area contributed by atoms with Gasteiger partial charge in [-0.05, 0) is 42.6 Å². The largest absolute Gasteiger partial charge is 0.497 e. The number of methoxy groups -OCH3 is 1. The van der Waals surface area contributed by atoms with Crippen molar-refractivity contribution in [2.75, 3.05) is 18.2 Å². The van der Waals surface area contributed by atoms with Crippen LogP contribution in [0.15, 0.2) is 35.7 Å². The third-order valence-electron chi connectivity index (χ3n) is 2.59. The van der Waals surface area contributed by atoms with Crippen molar-refractivity contribution in [1.29, 1.82) is 0 Å². The molecule has 5 nitrogen and oxygen atoms in total. The first-order valence-electron chi connectivity index (χ1n) is 5.61. The number of benzene rings is 1. The van der Waals surface area contributed by atoms with Crippen molar-refractivity contribution in [3.05, 3.63) is 35.7 Å². The Kier molecular flexibility index (Phi) is 4.06. The lowest BCUT2D eigenvalue weighted by atomic mass is 10.3. The molecule has 2 N–H and O–H groups in total. The minimum absolute atomic E-state index is 0.0391. The van der Waals surface area contributed by atoms with Crippen LogP contribution in [0.5, 0.6) is 5.75 Å². The highest BCUT2D eigenvalue weighted by molar-refractivity contribution is 7.94. The molecule has 19 heavy (non-hydrogen) atoms. The average Bonchev–Trinajstić information content (AvgIpc) is 2.69. The Morgan fingerprint density at radius 1 is 1.37 bits per heavy atom. The maximum Gasteiger partial charge on any atom is 0.173 e. The monoisotopic (exact) mass is 298 g/mol. The van der Waals surface area contributed by atoms with E-state index in [4.69, 9.17) is 17.0 Å². The second kappa shape index (κ2) is 5.58. The maximum atomic E-state index is 11.2. The molecule has 0 aromatic heterocycles. The van der Waals surface area contributed by atoms with Crippen molar-refractivity contribution >= 4 is 32.9 Å². The second-order valence-corrected chi connectivity index (χ2v) is 6.43. The average molecular weight is 298 g/mol. The highest BCUT2D eigenvalue weighted by Gasteiger charge is 2.21. The van der Waals surface area contributed by atoms with Crippen molar-refractivity contribution in [1.82, 2.24) is 5.32 Å². The molecule has 1 aromatic rings. The van der Waals surface area contributed by atoms with E-state index in [9.17, 15) is 8.42 Å². The van der Waals surface area contributed by atoms with Crippen LogP contribution in [0.3, 0.4) is 0 Å². The van der Waals surface area contributed by atoms with Crippen LogP contribution >= 0.6 is 12.2 Å². The molecule has 102 valence electrons. The summed E-state index contributed by atoms with van der Waals surface area (Å²) < 4.78 is 27.5. The lowest BCUT2D eigenvalue weighted by Gasteiger charge is -2.14. The lowest BCUT2D eigenvalue weighted by molar-refractivity contribution is 0.415. The van der Waals surface area contributed by atoms with Crippen molar-refractivity contribution < 1.29 is 13.2 Å². The van der Waals surface area contributed by atoms with E-state index in [1.165, 1.54) is 5.41 Å². The SMILES string of the molecule is COc1ccc(NC(=S)N[C@H]2C=CS(=O)(=O)C2)cc1. The van der Waals surface area contributed by atoms with Gasteiger partial charge in [0.25, 0.3) is 0 Å². The molecular weight excluding hydrogens is 284 g/mol. The van der Waals surface area contributed by atoms with Gasteiger partial charge in [-0.3, -0.25) is 0 Å². The summed E-state index contributed by atoms with van der Waals surface area (Å²) in [6, 6.07) is 7.00. The number of hydrogen-bond acceptors (Lipinski definition) is 4. The Balaban J connectivity index is 1.89. The van der Waals surface area contributed by atoms with Crippen LogP contribution in [-0.4, -0.2) is 32.4 Å². The van der Waals surface area contributed by atoms with Gasteiger partial charge in [0.05, 0.1) is 18.9 Å². The number of anilines is 1. The molecule has 1 heterocycles. The third kappa shape index (κ3) is 3.93. The zero-order valence-electron chi connectivity index (χ0n) is 10.3. The Bertz CT molecular complexity index is 594. The van der Waals surface area contributed by atoms with Crippen molar-refractivity contribution in [2.45, 2.75) is 6.04 Å². The number of sulfone groups is 1. The van der Waals surface area contributed by atoms with Gasteiger partial charge < -0.3 is 15.4 Å². The topological polar surface area (TPSA) is 67.4 Å². The Hall–Kier alpha value is -1.60.